The van der Waals surface area contributed by atoms with Gasteiger partial charge < -0.3 is 10.7 Å². The zero-order valence-electron chi connectivity index (χ0n) is 5.64. The van der Waals surface area contributed by atoms with Gasteiger partial charge in [-0.2, -0.15) is 0 Å². The summed E-state index contributed by atoms with van der Waals surface area (Å²) in [4.78, 5) is 13.2. The number of nitrogens with two attached hydrogens (primary N) is 1. The Kier molecular flexibility index (Phi) is 1.53. The Bertz CT molecular complexity index is 305. The van der Waals surface area contributed by atoms with Crippen LogP contribution < -0.4 is 16.8 Å². The topological polar surface area (TPSA) is 58.9 Å². The Balaban J connectivity index is 3.49. The van der Waals surface area contributed by atoms with Crippen molar-refractivity contribution in [3.63, 3.8) is 0 Å². The third-order valence-corrected chi connectivity index (χ3v) is 1.44. The summed E-state index contributed by atoms with van der Waals surface area (Å²) in [7, 11) is 5.44. The lowest BCUT2D eigenvalue weighted by molar-refractivity contribution is 1.23. The van der Waals surface area contributed by atoms with Crippen molar-refractivity contribution in [3.05, 3.63) is 22.1 Å². The van der Waals surface area contributed by atoms with Crippen LogP contribution in [-0.4, -0.2) is 12.8 Å². The largest absolute Gasteiger partial charge is 0.394 e. The fourth-order valence-corrected chi connectivity index (χ4v) is 0.655. The van der Waals surface area contributed by atoms with Crippen molar-refractivity contribution in [1.29, 1.82) is 0 Å². The van der Waals surface area contributed by atoms with E-state index < -0.39 is 0 Å². The van der Waals surface area contributed by atoms with Gasteiger partial charge in [-0.3, -0.25) is 4.79 Å². The smallest absolute Gasteiger partial charge is 0.271 e. The van der Waals surface area contributed by atoms with Gasteiger partial charge in [-0.1, -0.05) is 5.46 Å². The molecule has 0 aromatic carbocycles. The zero-order chi connectivity index (χ0) is 7.72. The molecule has 4 heteroatoms. The number of aromatic amines is 1. The second-order valence-electron chi connectivity index (χ2n) is 2.11. The van der Waals surface area contributed by atoms with Gasteiger partial charge in [0.15, 0.2) is 0 Å². The van der Waals surface area contributed by atoms with Gasteiger partial charge in [-0.15, -0.1) is 0 Å². The maximum atomic E-state index is 10.8. The summed E-state index contributed by atoms with van der Waals surface area (Å²) in [5, 5.41) is 0. The van der Waals surface area contributed by atoms with Crippen LogP contribution in [0.5, 0.6) is 0 Å². The summed E-state index contributed by atoms with van der Waals surface area (Å²) in [6, 6.07) is 0. The van der Waals surface area contributed by atoms with Gasteiger partial charge >= 0.3 is 0 Å². The van der Waals surface area contributed by atoms with Crippen LogP contribution in [0.4, 0.5) is 5.69 Å². The minimum absolute atomic E-state index is 0.194. The van der Waals surface area contributed by atoms with E-state index in [-0.39, 0.29) is 11.2 Å². The van der Waals surface area contributed by atoms with E-state index >= 15 is 0 Å². The molecular weight excluding hydrogens is 127 g/mol. The molecule has 0 bridgehead atoms. The van der Waals surface area contributed by atoms with E-state index in [9.17, 15) is 4.79 Å². The van der Waals surface area contributed by atoms with Crippen molar-refractivity contribution in [3.8, 4) is 0 Å². The normalized spacial score (nSPS) is 9.70. The second kappa shape index (κ2) is 2.21. The Hall–Kier alpha value is -1.19. The lowest BCUT2D eigenvalue weighted by Crippen LogP contribution is -2.21. The number of nitrogen functional groups attached to an aromatic ring is 1. The summed E-state index contributed by atoms with van der Waals surface area (Å²) in [5.41, 5.74) is 6.42. The molecule has 3 N–H and O–H groups in total. The monoisotopic (exact) mass is 134 g/mol. The maximum Gasteiger partial charge on any atom is 0.271 e. The molecule has 10 heavy (non-hydrogen) atoms. The standard InChI is InChI=1S/C6H7BN2O/c1-3-4(7)2-9-6(10)5(3)8/h2H,8H2,1H3,(H,9,10). The molecule has 0 atom stereocenters. The molecule has 1 aromatic heterocycles. The quantitative estimate of drug-likeness (QED) is 0.450. The highest BCUT2D eigenvalue weighted by Gasteiger charge is 1.99. The summed E-state index contributed by atoms with van der Waals surface area (Å²) >= 11 is 0. The Labute approximate surface area is 59.7 Å². The molecule has 0 unspecified atom stereocenters. The lowest BCUT2D eigenvalue weighted by Gasteiger charge is -2.00. The van der Waals surface area contributed by atoms with Crippen molar-refractivity contribution >= 4 is 19.0 Å². The van der Waals surface area contributed by atoms with Crippen LogP contribution in [0.15, 0.2) is 11.0 Å². The van der Waals surface area contributed by atoms with Crippen LogP contribution in [0, 0.1) is 6.92 Å². The van der Waals surface area contributed by atoms with Crippen molar-refractivity contribution in [2.75, 3.05) is 5.73 Å². The van der Waals surface area contributed by atoms with Crippen LogP contribution in [0.25, 0.3) is 0 Å². The van der Waals surface area contributed by atoms with Crippen molar-refractivity contribution in [2.24, 2.45) is 0 Å². The van der Waals surface area contributed by atoms with Crippen LogP contribution in [0.3, 0.4) is 0 Å². The first kappa shape index (κ1) is 6.93. The van der Waals surface area contributed by atoms with E-state index in [2.05, 4.69) is 4.98 Å². The van der Waals surface area contributed by atoms with Gasteiger partial charge in [-0.05, 0) is 18.7 Å². The SMILES string of the molecule is [B]c1c[nH]c(=O)c(N)c1C. The molecule has 0 fully saturated rings. The predicted molar refractivity (Wildman–Crippen MR) is 41.6 cm³/mol. The molecular formula is C6H7BN2O. The fraction of sp³-hybridized carbons (Fsp3) is 0.167. The molecule has 50 valence electrons. The zero-order valence-corrected chi connectivity index (χ0v) is 5.64. The number of aromatic nitrogens is 1. The Morgan fingerprint density at radius 2 is 2.30 bits per heavy atom. The average molecular weight is 134 g/mol. The molecule has 0 amide bonds. The maximum absolute atomic E-state index is 10.8. The van der Waals surface area contributed by atoms with Crippen LogP contribution in [0.1, 0.15) is 5.56 Å². The number of hydrogen-bond donors (Lipinski definition) is 2. The number of H-pyrrole nitrogens is 1. The minimum atomic E-state index is -0.285. The van der Waals surface area contributed by atoms with Crippen LogP contribution >= 0.6 is 0 Å². The summed E-state index contributed by atoms with van der Waals surface area (Å²) in [5.74, 6) is 0. The van der Waals surface area contributed by atoms with Gasteiger partial charge in [-0.25, -0.2) is 0 Å². The number of rotatable bonds is 0. The molecule has 0 saturated heterocycles. The van der Waals surface area contributed by atoms with Crippen LogP contribution in [-0.2, 0) is 0 Å². The number of nitrogens with one attached hydrogen (secondary N) is 1. The molecule has 1 heterocycles. The Morgan fingerprint density at radius 3 is 2.80 bits per heavy atom. The van der Waals surface area contributed by atoms with E-state index in [4.69, 9.17) is 13.6 Å². The fourth-order valence-electron chi connectivity index (χ4n) is 0.655. The second-order valence-corrected chi connectivity index (χ2v) is 2.11. The van der Waals surface area contributed by atoms with Gasteiger partial charge in [0.25, 0.3) is 5.56 Å². The van der Waals surface area contributed by atoms with E-state index in [1.54, 1.807) is 6.92 Å². The highest BCUT2D eigenvalue weighted by Crippen LogP contribution is 1.95. The molecule has 0 aliphatic rings. The molecule has 0 aliphatic heterocycles. The molecule has 1 rings (SSSR count). The van der Waals surface area contributed by atoms with Crippen molar-refractivity contribution in [2.45, 2.75) is 6.92 Å². The van der Waals surface area contributed by atoms with Crippen LogP contribution in [0.2, 0.25) is 0 Å². The van der Waals surface area contributed by atoms with Gasteiger partial charge in [0.2, 0.25) is 0 Å². The number of pyridine rings is 1. The van der Waals surface area contributed by atoms with Crippen molar-refractivity contribution < 1.29 is 0 Å². The third kappa shape index (κ3) is 0.921. The minimum Gasteiger partial charge on any atom is -0.394 e. The highest BCUT2D eigenvalue weighted by molar-refractivity contribution is 6.33. The van der Waals surface area contributed by atoms with Gasteiger partial charge in [0.1, 0.15) is 13.5 Å². The van der Waals surface area contributed by atoms with E-state index in [1.165, 1.54) is 6.20 Å². The number of hydrogen-bond acceptors (Lipinski definition) is 2. The summed E-state index contributed by atoms with van der Waals surface area (Å²) in [6.07, 6.45) is 1.44. The lowest BCUT2D eigenvalue weighted by atomic mass is 9.93. The molecule has 0 saturated carbocycles. The summed E-state index contributed by atoms with van der Waals surface area (Å²) in [6.45, 7) is 1.71. The predicted octanol–water partition coefficient (Wildman–Crippen LogP) is -0.941. The highest BCUT2D eigenvalue weighted by atomic mass is 16.1. The molecule has 0 spiro atoms. The van der Waals surface area contributed by atoms with Gasteiger partial charge in [0, 0.05) is 0 Å². The van der Waals surface area contributed by atoms with E-state index in [0.717, 1.165) is 0 Å². The molecule has 0 aliphatic carbocycles. The Morgan fingerprint density at radius 1 is 1.70 bits per heavy atom. The number of anilines is 1. The first-order valence-electron chi connectivity index (χ1n) is 2.86. The first-order chi connectivity index (χ1) is 4.63. The van der Waals surface area contributed by atoms with E-state index in [0.29, 0.717) is 11.0 Å². The van der Waals surface area contributed by atoms with Gasteiger partial charge in [0.05, 0.1) is 0 Å². The third-order valence-electron chi connectivity index (χ3n) is 1.44. The van der Waals surface area contributed by atoms with E-state index in [1.807, 2.05) is 0 Å². The summed E-state index contributed by atoms with van der Waals surface area (Å²) < 4.78 is 0. The average Bonchev–Trinajstić information content (AvgIpc) is 1.93. The molecule has 3 nitrogen and oxygen atoms in total. The first-order valence-corrected chi connectivity index (χ1v) is 2.86. The molecule has 1 aromatic rings. The molecule has 2 radical (unpaired) electrons. The van der Waals surface area contributed by atoms with Crippen molar-refractivity contribution in [1.82, 2.24) is 4.98 Å².